The van der Waals surface area contributed by atoms with Crippen molar-refractivity contribution in [3.8, 4) is 17.0 Å². The van der Waals surface area contributed by atoms with E-state index in [4.69, 9.17) is 4.74 Å². The first-order valence-electron chi connectivity index (χ1n) is 10.0. The molecule has 31 heavy (non-hydrogen) atoms. The van der Waals surface area contributed by atoms with Gasteiger partial charge < -0.3 is 15.0 Å². The molecular formula is C23H22BrFN4O2. The Balaban J connectivity index is 1.47. The Bertz CT molecular complexity index is 1080. The summed E-state index contributed by atoms with van der Waals surface area (Å²) in [6.45, 7) is 1.32. The van der Waals surface area contributed by atoms with Crippen LogP contribution in [0.5, 0.6) is 5.75 Å². The molecule has 2 heterocycles. The Morgan fingerprint density at radius 1 is 1.19 bits per heavy atom. The van der Waals surface area contributed by atoms with Crippen molar-refractivity contribution in [3.05, 3.63) is 65.1 Å². The van der Waals surface area contributed by atoms with Crippen LogP contribution < -0.4 is 15.0 Å². The maximum absolute atomic E-state index is 14.1. The number of piperidine rings is 1. The lowest BCUT2D eigenvalue weighted by atomic mass is 9.97. The van der Waals surface area contributed by atoms with E-state index in [0.29, 0.717) is 11.0 Å². The van der Waals surface area contributed by atoms with Crippen molar-refractivity contribution in [2.75, 3.05) is 30.4 Å². The monoisotopic (exact) mass is 484 g/mol. The number of benzene rings is 2. The van der Waals surface area contributed by atoms with Crippen molar-refractivity contribution in [1.29, 1.82) is 0 Å². The number of nitrogens with zero attached hydrogens (tertiary/aromatic N) is 3. The molecule has 1 N–H and O–H groups in total. The topological polar surface area (TPSA) is 67.3 Å². The first-order chi connectivity index (χ1) is 15.0. The van der Waals surface area contributed by atoms with Crippen LogP contribution in [0.2, 0.25) is 0 Å². The molecule has 2 aromatic carbocycles. The van der Waals surface area contributed by atoms with E-state index < -0.39 is 5.82 Å². The second-order valence-electron chi connectivity index (χ2n) is 7.39. The van der Waals surface area contributed by atoms with Crippen molar-refractivity contribution >= 4 is 33.3 Å². The highest BCUT2D eigenvalue weighted by molar-refractivity contribution is 9.10. The Morgan fingerprint density at radius 2 is 2.00 bits per heavy atom. The van der Waals surface area contributed by atoms with Crippen molar-refractivity contribution in [2.45, 2.75) is 12.8 Å². The van der Waals surface area contributed by atoms with Crippen molar-refractivity contribution in [1.82, 2.24) is 9.97 Å². The summed E-state index contributed by atoms with van der Waals surface area (Å²) in [7, 11) is 1.63. The van der Waals surface area contributed by atoms with Gasteiger partial charge in [-0.25, -0.2) is 14.4 Å². The largest absolute Gasteiger partial charge is 0.497 e. The molecule has 1 aromatic heterocycles. The lowest BCUT2D eigenvalue weighted by molar-refractivity contribution is -0.120. The average Bonchev–Trinajstić information content (AvgIpc) is 2.81. The molecule has 0 bridgehead atoms. The highest BCUT2D eigenvalue weighted by atomic mass is 79.9. The van der Waals surface area contributed by atoms with Gasteiger partial charge in [0.25, 0.3) is 0 Å². The molecule has 1 aliphatic rings. The van der Waals surface area contributed by atoms with Crippen LogP contribution >= 0.6 is 15.9 Å². The fourth-order valence-electron chi connectivity index (χ4n) is 3.66. The van der Waals surface area contributed by atoms with Crippen LogP contribution in [-0.2, 0) is 4.79 Å². The van der Waals surface area contributed by atoms with Crippen molar-refractivity contribution in [3.63, 3.8) is 0 Å². The summed E-state index contributed by atoms with van der Waals surface area (Å²) in [6.07, 6.45) is 3.13. The van der Waals surface area contributed by atoms with Gasteiger partial charge in [-0.3, -0.25) is 4.79 Å². The molecule has 1 amide bonds. The molecule has 0 aliphatic carbocycles. The van der Waals surface area contributed by atoms with E-state index in [-0.39, 0.29) is 17.5 Å². The standard InChI is InChI=1S/C23H22BrFN4O2/c1-31-18-7-4-15(5-8-18)21-12-22(27-14-26-21)29-10-2-3-16(13-29)23(30)28-20-9-6-17(24)11-19(20)25/h4-9,11-12,14,16H,2-3,10,13H2,1H3,(H,28,30). The summed E-state index contributed by atoms with van der Waals surface area (Å²) in [5, 5.41) is 2.72. The Hall–Kier alpha value is -3.00. The summed E-state index contributed by atoms with van der Waals surface area (Å²) >= 11 is 3.22. The molecule has 0 saturated carbocycles. The zero-order chi connectivity index (χ0) is 21.8. The molecule has 4 rings (SSSR count). The first kappa shape index (κ1) is 21.2. The van der Waals surface area contributed by atoms with Crippen LogP contribution in [0.25, 0.3) is 11.3 Å². The number of rotatable bonds is 5. The van der Waals surface area contributed by atoms with Crippen LogP contribution in [0.15, 0.2) is 59.3 Å². The van der Waals surface area contributed by atoms with Crippen LogP contribution in [0.1, 0.15) is 12.8 Å². The fourth-order valence-corrected chi connectivity index (χ4v) is 4.00. The number of nitrogens with one attached hydrogen (secondary N) is 1. The Kier molecular flexibility index (Phi) is 6.46. The minimum absolute atomic E-state index is 0.185. The van der Waals surface area contributed by atoms with Gasteiger partial charge in [0.1, 0.15) is 23.7 Å². The predicted octanol–water partition coefficient (Wildman–Crippen LogP) is 4.91. The summed E-state index contributed by atoms with van der Waals surface area (Å²) in [4.78, 5) is 23.7. The molecule has 0 spiro atoms. The molecule has 160 valence electrons. The Morgan fingerprint density at radius 3 is 2.74 bits per heavy atom. The zero-order valence-electron chi connectivity index (χ0n) is 17.0. The Labute approximate surface area is 188 Å². The SMILES string of the molecule is COc1ccc(-c2cc(N3CCCC(C(=O)Nc4ccc(Br)cc4F)C3)ncn2)cc1. The van der Waals surface area contributed by atoms with E-state index in [0.717, 1.165) is 42.2 Å². The maximum Gasteiger partial charge on any atom is 0.229 e. The van der Waals surface area contributed by atoms with Crippen molar-refractivity contribution in [2.24, 2.45) is 5.92 Å². The van der Waals surface area contributed by atoms with E-state index >= 15 is 0 Å². The third kappa shape index (κ3) is 5.02. The third-order valence-corrected chi connectivity index (χ3v) is 5.84. The fraction of sp³-hybridized carbons (Fsp3) is 0.261. The summed E-state index contributed by atoms with van der Waals surface area (Å²) < 4.78 is 19.9. The highest BCUT2D eigenvalue weighted by Crippen LogP contribution is 2.27. The second-order valence-corrected chi connectivity index (χ2v) is 8.30. The third-order valence-electron chi connectivity index (χ3n) is 5.34. The van der Waals surface area contributed by atoms with Crippen LogP contribution in [0.4, 0.5) is 15.9 Å². The molecule has 6 nitrogen and oxygen atoms in total. The molecule has 1 unspecified atom stereocenters. The molecular weight excluding hydrogens is 463 g/mol. The van der Waals surface area contributed by atoms with Crippen LogP contribution in [0.3, 0.4) is 0 Å². The number of methoxy groups -OCH3 is 1. The van der Waals surface area contributed by atoms with Crippen LogP contribution in [0, 0.1) is 11.7 Å². The van der Waals surface area contributed by atoms with E-state index in [1.807, 2.05) is 30.3 Å². The van der Waals surface area contributed by atoms with E-state index in [1.165, 1.54) is 12.4 Å². The van der Waals surface area contributed by atoms with Gasteiger partial charge in [0.2, 0.25) is 5.91 Å². The van der Waals surface area contributed by atoms with Gasteiger partial charge in [0.05, 0.1) is 24.4 Å². The summed E-state index contributed by atoms with van der Waals surface area (Å²) in [5.41, 5.74) is 1.95. The summed E-state index contributed by atoms with van der Waals surface area (Å²) in [6, 6.07) is 14.2. The van der Waals surface area contributed by atoms with Gasteiger partial charge in [-0.05, 0) is 55.3 Å². The van der Waals surface area contributed by atoms with Gasteiger partial charge in [-0.15, -0.1) is 0 Å². The maximum atomic E-state index is 14.1. The number of halogens is 2. The van der Waals surface area contributed by atoms with Gasteiger partial charge in [-0.2, -0.15) is 0 Å². The quantitative estimate of drug-likeness (QED) is 0.557. The van der Waals surface area contributed by atoms with Gasteiger partial charge in [0, 0.05) is 29.2 Å². The number of aromatic nitrogens is 2. The predicted molar refractivity (Wildman–Crippen MR) is 122 cm³/mol. The highest BCUT2D eigenvalue weighted by Gasteiger charge is 2.27. The van der Waals surface area contributed by atoms with Gasteiger partial charge in [0.15, 0.2) is 0 Å². The molecule has 0 radical (unpaired) electrons. The van der Waals surface area contributed by atoms with Crippen LogP contribution in [-0.4, -0.2) is 36.1 Å². The van der Waals surface area contributed by atoms with E-state index in [2.05, 4.69) is 36.1 Å². The number of carbonyl (C=O) groups excluding carboxylic acids is 1. The molecule has 1 atom stereocenters. The number of hydrogen-bond acceptors (Lipinski definition) is 5. The molecule has 8 heteroatoms. The second kappa shape index (κ2) is 9.43. The van der Waals surface area contributed by atoms with E-state index in [1.54, 1.807) is 19.2 Å². The first-order valence-corrected chi connectivity index (χ1v) is 10.8. The molecule has 1 fully saturated rings. The van der Waals surface area contributed by atoms with Gasteiger partial charge >= 0.3 is 0 Å². The number of carbonyl (C=O) groups is 1. The number of ether oxygens (including phenoxy) is 1. The van der Waals surface area contributed by atoms with Crippen molar-refractivity contribution < 1.29 is 13.9 Å². The average molecular weight is 485 g/mol. The summed E-state index contributed by atoms with van der Waals surface area (Å²) in [5.74, 6) is 0.653. The molecule has 3 aromatic rings. The number of amides is 1. The van der Waals surface area contributed by atoms with E-state index in [9.17, 15) is 9.18 Å². The minimum atomic E-state index is -0.463. The zero-order valence-corrected chi connectivity index (χ0v) is 18.6. The normalized spacial score (nSPS) is 16.1. The minimum Gasteiger partial charge on any atom is -0.497 e. The number of hydrogen-bond donors (Lipinski definition) is 1. The lowest BCUT2D eigenvalue weighted by Gasteiger charge is -2.33. The van der Waals surface area contributed by atoms with Gasteiger partial charge in [-0.1, -0.05) is 15.9 Å². The molecule has 1 aliphatic heterocycles. The lowest BCUT2D eigenvalue weighted by Crippen LogP contribution is -2.41. The smallest absolute Gasteiger partial charge is 0.229 e. The molecule has 1 saturated heterocycles. The number of anilines is 2.